The number of aliphatic hydroxyl groups excluding tert-OH is 2. The molecule has 49 heavy (non-hydrogen) atoms. The SMILES string of the molecule is CC(C)CC(O)C(NC(=O)[C@@H](CC(=O)O)Cc1cn(C(c2ccccc2)(c2ccccc2)c2ccccc2)cn1)C(O)CC1CCCCC1. The number of nitrogens with one attached hydrogen (secondary N) is 1. The van der Waals surface area contributed by atoms with E-state index in [1.807, 2.05) is 79.2 Å². The molecule has 1 aliphatic carbocycles. The van der Waals surface area contributed by atoms with Gasteiger partial charge in [0.25, 0.3) is 0 Å². The fraction of sp³-hybridized carbons (Fsp3) is 0.439. The van der Waals surface area contributed by atoms with E-state index in [0.29, 0.717) is 24.5 Å². The van der Waals surface area contributed by atoms with Crippen molar-refractivity contribution in [1.29, 1.82) is 0 Å². The molecule has 4 aromatic rings. The van der Waals surface area contributed by atoms with Crippen LogP contribution in [0.5, 0.6) is 0 Å². The molecule has 4 N–H and O–H groups in total. The van der Waals surface area contributed by atoms with E-state index < -0.39 is 48.0 Å². The molecule has 5 rings (SSSR count). The molecule has 1 heterocycles. The van der Waals surface area contributed by atoms with Crippen molar-refractivity contribution in [3.63, 3.8) is 0 Å². The van der Waals surface area contributed by atoms with Crippen LogP contribution in [-0.2, 0) is 21.5 Å². The van der Waals surface area contributed by atoms with Crippen LogP contribution in [0.3, 0.4) is 0 Å². The highest BCUT2D eigenvalue weighted by Gasteiger charge is 2.39. The number of rotatable bonds is 16. The number of carbonyl (C=O) groups excluding carboxylic acids is 1. The summed E-state index contributed by atoms with van der Waals surface area (Å²) in [6.07, 6.45) is 7.80. The molecule has 0 aliphatic heterocycles. The van der Waals surface area contributed by atoms with Crippen LogP contribution < -0.4 is 5.32 Å². The predicted octanol–water partition coefficient (Wildman–Crippen LogP) is 6.58. The highest BCUT2D eigenvalue weighted by molar-refractivity contribution is 5.83. The number of benzene rings is 3. The lowest BCUT2D eigenvalue weighted by molar-refractivity contribution is -0.141. The Kier molecular flexibility index (Phi) is 12.4. The smallest absolute Gasteiger partial charge is 0.304 e. The highest BCUT2D eigenvalue weighted by atomic mass is 16.4. The lowest BCUT2D eigenvalue weighted by Gasteiger charge is -2.37. The van der Waals surface area contributed by atoms with Crippen LogP contribution in [0.15, 0.2) is 104 Å². The summed E-state index contributed by atoms with van der Waals surface area (Å²) in [7, 11) is 0. The van der Waals surface area contributed by atoms with Crippen LogP contribution in [0.1, 0.15) is 87.6 Å². The Labute approximate surface area is 290 Å². The van der Waals surface area contributed by atoms with Gasteiger partial charge >= 0.3 is 5.97 Å². The maximum atomic E-state index is 13.9. The van der Waals surface area contributed by atoms with Crippen molar-refractivity contribution in [3.05, 3.63) is 126 Å². The fourth-order valence-corrected chi connectivity index (χ4v) is 7.63. The highest BCUT2D eigenvalue weighted by Crippen LogP contribution is 2.41. The zero-order valence-corrected chi connectivity index (χ0v) is 28.7. The van der Waals surface area contributed by atoms with Crippen molar-refractivity contribution in [3.8, 4) is 0 Å². The van der Waals surface area contributed by atoms with Gasteiger partial charge in [-0.2, -0.15) is 0 Å². The summed E-state index contributed by atoms with van der Waals surface area (Å²) in [5.41, 5.74) is 2.82. The molecule has 0 saturated heterocycles. The fourth-order valence-electron chi connectivity index (χ4n) is 7.63. The first kappa shape index (κ1) is 36.0. The minimum absolute atomic E-state index is 0.0747. The van der Waals surface area contributed by atoms with Crippen molar-refractivity contribution in [2.75, 3.05) is 0 Å². The van der Waals surface area contributed by atoms with Crippen molar-refractivity contribution in [1.82, 2.24) is 14.9 Å². The van der Waals surface area contributed by atoms with Gasteiger partial charge in [-0.15, -0.1) is 0 Å². The quantitative estimate of drug-likeness (QED) is 0.100. The van der Waals surface area contributed by atoms with Crippen molar-refractivity contribution in [2.45, 2.75) is 95.4 Å². The lowest BCUT2D eigenvalue weighted by Crippen LogP contribution is -2.53. The Morgan fingerprint density at radius 1 is 0.837 bits per heavy atom. The molecule has 8 nitrogen and oxygen atoms in total. The van der Waals surface area contributed by atoms with Gasteiger partial charge in [-0.1, -0.05) is 137 Å². The number of hydrogen-bond acceptors (Lipinski definition) is 5. The van der Waals surface area contributed by atoms with Gasteiger partial charge in [0.15, 0.2) is 0 Å². The van der Waals surface area contributed by atoms with E-state index in [4.69, 9.17) is 4.98 Å². The number of hydrogen-bond donors (Lipinski definition) is 4. The topological polar surface area (TPSA) is 125 Å². The van der Waals surface area contributed by atoms with Gasteiger partial charge in [0, 0.05) is 12.6 Å². The van der Waals surface area contributed by atoms with Crippen LogP contribution in [-0.4, -0.2) is 55.0 Å². The molecule has 1 fully saturated rings. The van der Waals surface area contributed by atoms with E-state index >= 15 is 0 Å². The lowest BCUT2D eigenvalue weighted by atomic mass is 9.77. The number of nitrogens with zero attached hydrogens (tertiary/aromatic N) is 2. The van der Waals surface area contributed by atoms with Gasteiger partial charge < -0.3 is 25.2 Å². The van der Waals surface area contributed by atoms with Gasteiger partial charge in [-0.05, 0) is 41.4 Å². The number of aliphatic hydroxyl groups is 2. The van der Waals surface area contributed by atoms with Gasteiger partial charge in [0.2, 0.25) is 5.91 Å². The van der Waals surface area contributed by atoms with Gasteiger partial charge in [-0.3, -0.25) is 9.59 Å². The summed E-state index contributed by atoms with van der Waals surface area (Å²) >= 11 is 0. The molecule has 0 bridgehead atoms. The van der Waals surface area contributed by atoms with E-state index in [1.54, 1.807) is 6.33 Å². The molecule has 1 amide bonds. The molecule has 260 valence electrons. The molecule has 4 atom stereocenters. The third kappa shape index (κ3) is 8.86. The van der Waals surface area contributed by atoms with E-state index in [-0.39, 0.29) is 12.3 Å². The molecule has 1 aliphatic rings. The summed E-state index contributed by atoms with van der Waals surface area (Å²) in [5.74, 6) is -2.08. The van der Waals surface area contributed by atoms with E-state index in [9.17, 15) is 24.9 Å². The molecular weight excluding hydrogens is 614 g/mol. The number of carboxylic acid groups (broad SMARTS) is 1. The summed E-state index contributed by atoms with van der Waals surface area (Å²) in [5, 5.41) is 35.3. The van der Waals surface area contributed by atoms with Gasteiger partial charge in [-0.25, -0.2) is 4.98 Å². The van der Waals surface area contributed by atoms with Crippen molar-refractivity contribution in [2.24, 2.45) is 17.8 Å². The van der Waals surface area contributed by atoms with Crippen LogP contribution >= 0.6 is 0 Å². The molecule has 1 aromatic heterocycles. The minimum atomic E-state index is -1.10. The summed E-state index contributed by atoms with van der Waals surface area (Å²) in [6, 6.07) is 29.6. The molecule has 3 unspecified atom stereocenters. The number of aromatic nitrogens is 2. The molecule has 8 heteroatoms. The third-order valence-corrected chi connectivity index (χ3v) is 10.00. The monoisotopic (exact) mass is 665 g/mol. The first-order chi connectivity index (χ1) is 23.7. The zero-order valence-electron chi connectivity index (χ0n) is 28.7. The van der Waals surface area contributed by atoms with Crippen LogP contribution in [0.4, 0.5) is 0 Å². The zero-order chi connectivity index (χ0) is 34.8. The number of carboxylic acids is 1. The number of amides is 1. The standard InChI is InChI=1S/C41H51N3O5/c1-29(2)23-36(45)39(37(46)24-30-15-7-3-8-16-30)43-40(49)31(26-38(47)48)25-35-27-44(28-42-35)41(32-17-9-4-10-18-32,33-19-11-5-12-20-33)34-21-13-6-14-22-34/h4-6,9-14,17-22,27-31,36-37,39,45-46H,3,7-8,15-16,23-26H2,1-2H3,(H,43,49)(H,47,48)/t31-,36?,37?,39?/m1/s1. The second-order valence-corrected chi connectivity index (χ2v) is 14.1. The van der Waals surface area contributed by atoms with Crippen LogP contribution in [0, 0.1) is 17.8 Å². The largest absolute Gasteiger partial charge is 0.481 e. The van der Waals surface area contributed by atoms with Crippen molar-refractivity contribution >= 4 is 11.9 Å². The average Bonchev–Trinajstić information content (AvgIpc) is 3.57. The second kappa shape index (κ2) is 16.9. The van der Waals surface area contributed by atoms with Gasteiger partial charge in [0.05, 0.1) is 42.6 Å². The van der Waals surface area contributed by atoms with Crippen LogP contribution in [0.2, 0.25) is 0 Å². The number of aliphatic carboxylic acids is 1. The van der Waals surface area contributed by atoms with E-state index in [0.717, 1.165) is 42.4 Å². The summed E-state index contributed by atoms with van der Waals surface area (Å²) < 4.78 is 2.04. The third-order valence-electron chi connectivity index (χ3n) is 10.00. The Morgan fingerprint density at radius 2 is 1.37 bits per heavy atom. The van der Waals surface area contributed by atoms with E-state index in [2.05, 4.69) is 41.7 Å². The molecule has 0 spiro atoms. The first-order valence-corrected chi connectivity index (χ1v) is 17.8. The molecule has 0 radical (unpaired) electrons. The first-order valence-electron chi connectivity index (χ1n) is 17.8. The average molecular weight is 666 g/mol. The second-order valence-electron chi connectivity index (χ2n) is 14.1. The normalized spacial score (nSPS) is 16.5. The van der Waals surface area contributed by atoms with E-state index in [1.165, 1.54) is 6.42 Å². The predicted molar refractivity (Wildman–Crippen MR) is 191 cm³/mol. The Balaban J connectivity index is 1.46. The molecule has 1 saturated carbocycles. The van der Waals surface area contributed by atoms with Gasteiger partial charge in [0.1, 0.15) is 5.54 Å². The minimum Gasteiger partial charge on any atom is -0.481 e. The Bertz CT molecular complexity index is 1510. The maximum Gasteiger partial charge on any atom is 0.304 e. The van der Waals surface area contributed by atoms with Crippen LogP contribution in [0.25, 0.3) is 0 Å². The molecular formula is C41H51N3O5. The summed E-state index contributed by atoms with van der Waals surface area (Å²) in [6.45, 7) is 3.97. The summed E-state index contributed by atoms with van der Waals surface area (Å²) in [4.78, 5) is 30.7. The maximum absolute atomic E-state index is 13.9. The van der Waals surface area contributed by atoms with Crippen molar-refractivity contribution < 1.29 is 24.9 Å². The number of carbonyl (C=O) groups is 2. The number of imidazole rings is 1. The Hall–Kier alpha value is -4.27. The Morgan fingerprint density at radius 3 is 1.86 bits per heavy atom. The molecule has 3 aromatic carbocycles.